The van der Waals surface area contributed by atoms with E-state index in [-0.39, 0.29) is 5.79 Å². The van der Waals surface area contributed by atoms with Crippen LogP contribution in [0.5, 0.6) is 0 Å². The Morgan fingerprint density at radius 3 is 2.08 bits per heavy atom. The summed E-state index contributed by atoms with van der Waals surface area (Å²) in [6.45, 7) is 1.57. The molecule has 1 spiro atoms. The zero-order chi connectivity index (χ0) is 8.89. The smallest absolute Gasteiger partial charge is 0.169 e. The maximum atomic E-state index is 5.93. The van der Waals surface area contributed by atoms with E-state index in [2.05, 4.69) is 0 Å². The molecule has 2 aliphatic carbocycles. The molecule has 3 rings (SSSR count). The summed E-state index contributed by atoms with van der Waals surface area (Å²) in [5, 5.41) is 0. The molecule has 3 nitrogen and oxygen atoms in total. The number of hydrogen-bond acceptors (Lipinski definition) is 3. The topological polar surface area (TPSA) is 44.5 Å². The number of ether oxygens (including phenoxy) is 2. The average Bonchev–Trinajstić information content (AvgIpc) is 2.67. The van der Waals surface area contributed by atoms with Gasteiger partial charge in [0.15, 0.2) is 5.79 Å². The number of fused-ring (bicyclic) bond motifs is 1. The lowest BCUT2D eigenvalue weighted by atomic mass is 10.0. The van der Waals surface area contributed by atoms with Crippen LogP contribution in [0.2, 0.25) is 0 Å². The van der Waals surface area contributed by atoms with Crippen molar-refractivity contribution in [3.8, 4) is 0 Å². The minimum absolute atomic E-state index is 0.185. The normalized spacial score (nSPS) is 47.3. The van der Waals surface area contributed by atoms with Crippen molar-refractivity contribution in [2.24, 2.45) is 17.6 Å². The van der Waals surface area contributed by atoms with E-state index in [1.54, 1.807) is 0 Å². The first-order valence-electron chi connectivity index (χ1n) is 5.31. The third kappa shape index (κ3) is 1.22. The monoisotopic (exact) mass is 183 g/mol. The van der Waals surface area contributed by atoms with Crippen molar-refractivity contribution in [2.75, 3.05) is 13.2 Å². The van der Waals surface area contributed by atoms with Gasteiger partial charge >= 0.3 is 0 Å². The molecule has 3 heteroatoms. The molecule has 1 heterocycles. The van der Waals surface area contributed by atoms with Crippen molar-refractivity contribution in [3.05, 3.63) is 0 Å². The second-order valence-electron chi connectivity index (χ2n) is 4.77. The molecule has 0 aromatic carbocycles. The summed E-state index contributed by atoms with van der Waals surface area (Å²) in [4.78, 5) is 0. The summed E-state index contributed by atoms with van der Waals surface area (Å²) >= 11 is 0. The summed E-state index contributed by atoms with van der Waals surface area (Å²) in [6.07, 6.45) is 4.54. The molecular weight excluding hydrogens is 166 g/mol. The Hall–Kier alpha value is -0.120. The van der Waals surface area contributed by atoms with Gasteiger partial charge in [-0.2, -0.15) is 0 Å². The highest BCUT2D eigenvalue weighted by atomic mass is 16.7. The van der Waals surface area contributed by atoms with E-state index in [9.17, 15) is 0 Å². The van der Waals surface area contributed by atoms with Gasteiger partial charge in [-0.3, -0.25) is 0 Å². The zero-order valence-corrected chi connectivity index (χ0v) is 7.87. The molecule has 0 radical (unpaired) electrons. The lowest BCUT2D eigenvalue weighted by Crippen LogP contribution is -2.28. The van der Waals surface area contributed by atoms with Gasteiger partial charge in [-0.15, -0.1) is 0 Å². The van der Waals surface area contributed by atoms with Gasteiger partial charge in [-0.05, 0) is 24.7 Å². The van der Waals surface area contributed by atoms with E-state index in [1.807, 2.05) is 0 Å². The summed E-state index contributed by atoms with van der Waals surface area (Å²) in [5.41, 5.74) is 5.93. The fourth-order valence-corrected chi connectivity index (χ4v) is 3.37. The van der Waals surface area contributed by atoms with Crippen LogP contribution >= 0.6 is 0 Å². The first-order valence-corrected chi connectivity index (χ1v) is 5.31. The van der Waals surface area contributed by atoms with Crippen LogP contribution in [0, 0.1) is 11.8 Å². The van der Waals surface area contributed by atoms with Crippen molar-refractivity contribution in [2.45, 2.75) is 37.5 Å². The predicted octanol–water partition coefficient (Wildman–Crippen LogP) is 0.877. The van der Waals surface area contributed by atoms with Gasteiger partial charge in [0, 0.05) is 18.9 Å². The molecule has 2 N–H and O–H groups in total. The number of hydrogen-bond donors (Lipinski definition) is 1. The molecular formula is C10H17NO2. The van der Waals surface area contributed by atoms with E-state index < -0.39 is 0 Å². The van der Waals surface area contributed by atoms with Crippen LogP contribution in [-0.4, -0.2) is 25.0 Å². The van der Waals surface area contributed by atoms with Gasteiger partial charge in [-0.25, -0.2) is 0 Å². The van der Waals surface area contributed by atoms with Crippen molar-refractivity contribution in [1.29, 1.82) is 0 Å². The Kier molecular flexibility index (Phi) is 1.70. The first kappa shape index (κ1) is 8.21. The van der Waals surface area contributed by atoms with Crippen LogP contribution in [0.4, 0.5) is 0 Å². The molecule has 1 unspecified atom stereocenters. The Labute approximate surface area is 78.6 Å². The second-order valence-corrected chi connectivity index (χ2v) is 4.77. The fraction of sp³-hybridized carbons (Fsp3) is 1.00. The number of nitrogens with two attached hydrogens (primary N) is 1. The van der Waals surface area contributed by atoms with Crippen molar-refractivity contribution in [1.82, 2.24) is 0 Å². The maximum Gasteiger partial charge on any atom is 0.169 e. The SMILES string of the molecule is NC1C[C@@H]2CC3(C[C@@H]2C1)OCCO3. The highest BCUT2D eigenvalue weighted by Crippen LogP contribution is 2.51. The van der Waals surface area contributed by atoms with Crippen molar-refractivity contribution >= 4 is 0 Å². The fourth-order valence-electron chi connectivity index (χ4n) is 3.37. The molecule has 74 valence electrons. The minimum atomic E-state index is -0.185. The first-order chi connectivity index (χ1) is 6.27. The number of rotatable bonds is 0. The van der Waals surface area contributed by atoms with E-state index in [1.165, 1.54) is 12.8 Å². The predicted molar refractivity (Wildman–Crippen MR) is 48.1 cm³/mol. The van der Waals surface area contributed by atoms with E-state index in [0.717, 1.165) is 37.9 Å². The Morgan fingerprint density at radius 1 is 1.00 bits per heavy atom. The highest BCUT2D eigenvalue weighted by molar-refractivity contribution is 4.98. The van der Waals surface area contributed by atoms with E-state index in [0.29, 0.717) is 6.04 Å². The molecule has 2 saturated carbocycles. The summed E-state index contributed by atoms with van der Waals surface area (Å²) in [7, 11) is 0. The maximum absolute atomic E-state index is 5.93. The highest BCUT2D eigenvalue weighted by Gasteiger charge is 2.52. The van der Waals surface area contributed by atoms with Crippen LogP contribution in [-0.2, 0) is 9.47 Å². The molecule has 0 aromatic heterocycles. The molecule has 0 aromatic rings. The van der Waals surface area contributed by atoms with E-state index in [4.69, 9.17) is 15.2 Å². The van der Waals surface area contributed by atoms with Crippen LogP contribution in [0.1, 0.15) is 25.7 Å². The average molecular weight is 183 g/mol. The molecule has 1 aliphatic heterocycles. The van der Waals surface area contributed by atoms with Gasteiger partial charge in [0.25, 0.3) is 0 Å². The zero-order valence-electron chi connectivity index (χ0n) is 7.87. The van der Waals surface area contributed by atoms with Gasteiger partial charge in [0.2, 0.25) is 0 Å². The Balaban J connectivity index is 1.73. The molecule has 13 heavy (non-hydrogen) atoms. The van der Waals surface area contributed by atoms with Crippen LogP contribution in [0.3, 0.4) is 0 Å². The standard InChI is InChI=1S/C10H17NO2/c11-9-3-7-5-10(6-8(7)4-9)12-1-2-13-10/h7-9H,1-6,11H2/t7-,8+,9?. The molecule has 0 bridgehead atoms. The van der Waals surface area contributed by atoms with Gasteiger partial charge in [-0.1, -0.05) is 0 Å². The van der Waals surface area contributed by atoms with Crippen molar-refractivity contribution < 1.29 is 9.47 Å². The molecule has 0 amide bonds. The second kappa shape index (κ2) is 2.69. The van der Waals surface area contributed by atoms with Crippen molar-refractivity contribution in [3.63, 3.8) is 0 Å². The minimum Gasteiger partial charge on any atom is -0.348 e. The Morgan fingerprint density at radius 2 is 1.54 bits per heavy atom. The third-order valence-corrected chi connectivity index (χ3v) is 3.84. The lowest BCUT2D eigenvalue weighted by Gasteiger charge is -2.22. The van der Waals surface area contributed by atoms with E-state index >= 15 is 0 Å². The molecule has 3 aliphatic rings. The Bertz CT molecular complexity index is 197. The third-order valence-electron chi connectivity index (χ3n) is 3.84. The van der Waals surface area contributed by atoms with Gasteiger partial charge in [0.05, 0.1) is 13.2 Å². The van der Waals surface area contributed by atoms with Crippen LogP contribution < -0.4 is 5.73 Å². The summed E-state index contributed by atoms with van der Waals surface area (Å²) < 4.78 is 11.4. The summed E-state index contributed by atoms with van der Waals surface area (Å²) in [6, 6.07) is 0.439. The lowest BCUT2D eigenvalue weighted by molar-refractivity contribution is -0.155. The molecule has 3 fully saturated rings. The largest absolute Gasteiger partial charge is 0.348 e. The van der Waals surface area contributed by atoms with Crippen LogP contribution in [0.25, 0.3) is 0 Å². The summed E-state index contributed by atoms with van der Waals surface area (Å²) in [5.74, 6) is 1.36. The van der Waals surface area contributed by atoms with Gasteiger partial charge < -0.3 is 15.2 Å². The molecule has 1 saturated heterocycles. The van der Waals surface area contributed by atoms with Gasteiger partial charge in [0.1, 0.15) is 0 Å². The quantitative estimate of drug-likeness (QED) is 0.606. The van der Waals surface area contributed by atoms with Crippen LogP contribution in [0.15, 0.2) is 0 Å². The molecule has 3 atom stereocenters.